The predicted octanol–water partition coefficient (Wildman–Crippen LogP) is 3.02. The Morgan fingerprint density at radius 3 is 2.50 bits per heavy atom. The van der Waals surface area contributed by atoms with E-state index in [1.54, 1.807) is 7.11 Å². The molecule has 1 aromatic rings. The number of rotatable bonds is 6. The lowest BCUT2D eigenvalue weighted by atomic mass is 9.93. The number of nitrogens with one attached hydrogen (secondary N) is 1. The van der Waals surface area contributed by atoms with Crippen molar-refractivity contribution in [1.29, 1.82) is 0 Å². The average molecular weight is 333 g/mol. The highest BCUT2D eigenvalue weighted by Crippen LogP contribution is 2.24. The van der Waals surface area contributed by atoms with E-state index < -0.39 is 11.9 Å². The molecule has 1 aliphatic rings. The molecule has 0 saturated heterocycles. The number of carboxylic acid groups (broad SMARTS) is 1. The average Bonchev–Trinajstić information content (AvgIpc) is 2.81. The minimum absolute atomic E-state index is 0.0658. The number of hydrogen-bond acceptors (Lipinski definition) is 3. The van der Waals surface area contributed by atoms with E-state index in [1.807, 2.05) is 31.2 Å². The van der Waals surface area contributed by atoms with E-state index in [9.17, 15) is 14.7 Å². The van der Waals surface area contributed by atoms with Crippen molar-refractivity contribution in [2.24, 2.45) is 11.8 Å². The van der Waals surface area contributed by atoms with Crippen LogP contribution in [0.5, 0.6) is 5.75 Å². The lowest BCUT2D eigenvalue weighted by Crippen LogP contribution is -2.45. The molecule has 0 spiro atoms. The van der Waals surface area contributed by atoms with Crippen molar-refractivity contribution in [3.63, 3.8) is 0 Å². The molecule has 1 unspecified atom stereocenters. The van der Waals surface area contributed by atoms with Crippen molar-refractivity contribution in [2.45, 2.75) is 51.5 Å². The molecule has 5 heteroatoms. The molecule has 1 aliphatic carbocycles. The van der Waals surface area contributed by atoms with Gasteiger partial charge in [-0.05, 0) is 37.0 Å². The van der Waals surface area contributed by atoms with Gasteiger partial charge in [-0.25, -0.2) is 0 Å². The first-order valence-electron chi connectivity index (χ1n) is 8.67. The van der Waals surface area contributed by atoms with E-state index in [0.717, 1.165) is 37.0 Å². The van der Waals surface area contributed by atoms with Gasteiger partial charge < -0.3 is 15.2 Å². The quantitative estimate of drug-likeness (QED) is 0.785. The zero-order valence-corrected chi connectivity index (χ0v) is 14.5. The van der Waals surface area contributed by atoms with Gasteiger partial charge in [0.25, 0.3) is 0 Å². The normalized spacial score (nSPS) is 22.2. The van der Waals surface area contributed by atoms with E-state index >= 15 is 0 Å². The second kappa shape index (κ2) is 8.71. The van der Waals surface area contributed by atoms with Crippen LogP contribution < -0.4 is 10.1 Å². The Morgan fingerprint density at radius 2 is 1.88 bits per heavy atom. The summed E-state index contributed by atoms with van der Waals surface area (Å²) in [6.45, 7) is 1.88. The minimum atomic E-state index is -0.801. The number of aliphatic carboxylic acids is 1. The van der Waals surface area contributed by atoms with E-state index in [-0.39, 0.29) is 17.9 Å². The fourth-order valence-corrected chi connectivity index (χ4v) is 3.31. The van der Waals surface area contributed by atoms with Crippen molar-refractivity contribution in [3.05, 3.63) is 29.8 Å². The van der Waals surface area contributed by atoms with Gasteiger partial charge in [0.1, 0.15) is 5.75 Å². The summed E-state index contributed by atoms with van der Waals surface area (Å²) in [6, 6.07) is 7.41. The highest BCUT2D eigenvalue weighted by molar-refractivity contribution is 5.80. The van der Waals surface area contributed by atoms with Gasteiger partial charge >= 0.3 is 5.97 Å². The van der Waals surface area contributed by atoms with Crippen molar-refractivity contribution in [3.8, 4) is 5.75 Å². The van der Waals surface area contributed by atoms with Crippen LogP contribution in [0.15, 0.2) is 24.3 Å². The maximum Gasteiger partial charge on any atom is 0.308 e. The number of amides is 1. The summed E-state index contributed by atoms with van der Waals surface area (Å²) >= 11 is 0. The Bertz CT molecular complexity index is 555. The summed E-state index contributed by atoms with van der Waals surface area (Å²) in [6.07, 6.45) is 4.95. The molecule has 1 aromatic carbocycles. The third-order valence-corrected chi connectivity index (χ3v) is 4.81. The molecule has 1 fully saturated rings. The van der Waals surface area contributed by atoms with Gasteiger partial charge in [0.05, 0.1) is 13.0 Å². The van der Waals surface area contributed by atoms with Crippen LogP contribution >= 0.6 is 0 Å². The summed E-state index contributed by atoms with van der Waals surface area (Å²) < 4.78 is 5.13. The molecule has 0 bridgehead atoms. The Morgan fingerprint density at radius 1 is 1.21 bits per heavy atom. The van der Waals surface area contributed by atoms with Gasteiger partial charge in [0.2, 0.25) is 5.91 Å². The van der Waals surface area contributed by atoms with Gasteiger partial charge in [0, 0.05) is 12.0 Å². The molecule has 0 radical (unpaired) electrons. The van der Waals surface area contributed by atoms with Crippen LogP contribution in [0, 0.1) is 11.8 Å². The molecular weight excluding hydrogens is 306 g/mol. The Balaban J connectivity index is 1.94. The molecule has 24 heavy (non-hydrogen) atoms. The Hall–Kier alpha value is -2.04. The fourth-order valence-electron chi connectivity index (χ4n) is 3.31. The molecule has 0 aliphatic heterocycles. The smallest absolute Gasteiger partial charge is 0.308 e. The first-order valence-corrected chi connectivity index (χ1v) is 8.67. The number of hydrogen-bond donors (Lipinski definition) is 2. The number of carboxylic acids is 1. The number of carbonyl (C=O) groups excluding carboxylic acids is 1. The monoisotopic (exact) mass is 333 g/mol. The van der Waals surface area contributed by atoms with Gasteiger partial charge in [0.15, 0.2) is 0 Å². The SMILES string of the molecule is COc1ccc(CC(C)C(=O)N[C@H]2CCCCC[C@H]2C(=O)O)cc1. The lowest BCUT2D eigenvalue weighted by molar-refractivity contribution is -0.143. The van der Waals surface area contributed by atoms with E-state index in [0.29, 0.717) is 12.8 Å². The topological polar surface area (TPSA) is 75.6 Å². The zero-order valence-electron chi connectivity index (χ0n) is 14.5. The fraction of sp³-hybridized carbons (Fsp3) is 0.579. The van der Waals surface area contributed by atoms with E-state index in [2.05, 4.69) is 5.32 Å². The largest absolute Gasteiger partial charge is 0.497 e. The minimum Gasteiger partial charge on any atom is -0.497 e. The van der Waals surface area contributed by atoms with Crippen LogP contribution in [0.1, 0.15) is 44.6 Å². The van der Waals surface area contributed by atoms with Crippen molar-refractivity contribution in [1.82, 2.24) is 5.32 Å². The molecule has 0 heterocycles. The number of ether oxygens (including phenoxy) is 1. The highest BCUT2D eigenvalue weighted by atomic mass is 16.5. The molecule has 1 saturated carbocycles. The standard InChI is InChI=1S/C19H27NO4/c1-13(12-14-8-10-15(24-2)11-9-14)18(21)20-17-7-5-3-4-6-16(17)19(22)23/h8-11,13,16-17H,3-7,12H2,1-2H3,(H,20,21)(H,22,23)/t13?,16-,17+/m1/s1. The van der Waals surface area contributed by atoms with Crippen molar-refractivity contribution < 1.29 is 19.4 Å². The number of carbonyl (C=O) groups is 2. The van der Waals surface area contributed by atoms with Crippen LogP contribution in [0.25, 0.3) is 0 Å². The molecule has 1 amide bonds. The van der Waals surface area contributed by atoms with Crippen molar-refractivity contribution in [2.75, 3.05) is 7.11 Å². The van der Waals surface area contributed by atoms with Crippen molar-refractivity contribution >= 4 is 11.9 Å². The molecular formula is C19H27NO4. The van der Waals surface area contributed by atoms with Crippen LogP contribution in [0.2, 0.25) is 0 Å². The lowest BCUT2D eigenvalue weighted by Gasteiger charge is -2.24. The van der Waals surface area contributed by atoms with Crippen LogP contribution in [-0.4, -0.2) is 30.1 Å². The maximum atomic E-state index is 12.5. The third-order valence-electron chi connectivity index (χ3n) is 4.81. The zero-order chi connectivity index (χ0) is 17.5. The Kier molecular flexibility index (Phi) is 6.64. The van der Waals surface area contributed by atoms with Gasteiger partial charge in [-0.15, -0.1) is 0 Å². The molecule has 3 atom stereocenters. The summed E-state index contributed by atoms with van der Waals surface area (Å²) in [7, 11) is 1.62. The summed E-state index contributed by atoms with van der Waals surface area (Å²) in [4.78, 5) is 23.9. The highest BCUT2D eigenvalue weighted by Gasteiger charge is 2.31. The Labute approximate surface area is 143 Å². The van der Waals surface area contributed by atoms with E-state index in [4.69, 9.17) is 4.74 Å². The summed E-state index contributed by atoms with van der Waals surface area (Å²) in [5, 5.41) is 12.4. The first-order chi connectivity index (χ1) is 11.5. The maximum absolute atomic E-state index is 12.5. The number of methoxy groups -OCH3 is 1. The third kappa shape index (κ3) is 4.98. The molecule has 132 valence electrons. The predicted molar refractivity (Wildman–Crippen MR) is 92.0 cm³/mol. The summed E-state index contributed by atoms with van der Waals surface area (Å²) in [5.41, 5.74) is 1.06. The molecule has 2 N–H and O–H groups in total. The first kappa shape index (κ1) is 18.3. The summed E-state index contributed by atoms with van der Waals surface area (Å²) in [5.74, 6) is -0.742. The van der Waals surface area contributed by atoms with Crippen LogP contribution in [-0.2, 0) is 16.0 Å². The van der Waals surface area contributed by atoms with Crippen LogP contribution in [0.4, 0.5) is 0 Å². The second-order valence-corrected chi connectivity index (χ2v) is 6.65. The van der Waals surface area contributed by atoms with E-state index in [1.165, 1.54) is 0 Å². The number of benzene rings is 1. The van der Waals surface area contributed by atoms with Crippen LogP contribution in [0.3, 0.4) is 0 Å². The van der Waals surface area contributed by atoms with Gasteiger partial charge in [-0.3, -0.25) is 9.59 Å². The molecule has 5 nitrogen and oxygen atoms in total. The molecule has 0 aromatic heterocycles. The molecule has 2 rings (SSSR count). The second-order valence-electron chi connectivity index (χ2n) is 6.65. The van der Waals surface area contributed by atoms with Gasteiger partial charge in [-0.1, -0.05) is 38.3 Å². The van der Waals surface area contributed by atoms with Gasteiger partial charge in [-0.2, -0.15) is 0 Å².